The monoisotopic (exact) mass is 475 g/mol. The number of aromatic nitrogens is 2. The van der Waals surface area contributed by atoms with Gasteiger partial charge in [-0.25, -0.2) is 26.9 Å². The molecule has 6 nitrogen and oxygen atoms in total. The number of sulfonamides is 1. The number of hydrogen-bond donors (Lipinski definition) is 3. The van der Waals surface area contributed by atoms with Gasteiger partial charge in [-0.1, -0.05) is 35.3 Å². The van der Waals surface area contributed by atoms with E-state index >= 15 is 0 Å². The molecule has 0 bridgehead atoms. The second kappa shape index (κ2) is 8.99. The summed E-state index contributed by atoms with van der Waals surface area (Å²) in [7, 11) is -3.96. The molecule has 1 unspecified atom stereocenters. The summed E-state index contributed by atoms with van der Waals surface area (Å²) >= 11 is 11.8. The van der Waals surface area contributed by atoms with Gasteiger partial charge in [-0.3, -0.25) is 0 Å². The Morgan fingerprint density at radius 3 is 2.10 bits per heavy atom. The number of aliphatic hydroxyl groups is 1. The van der Waals surface area contributed by atoms with Crippen LogP contribution >= 0.6 is 23.2 Å². The van der Waals surface area contributed by atoms with E-state index < -0.39 is 33.7 Å². The van der Waals surface area contributed by atoms with Crippen molar-refractivity contribution in [2.45, 2.75) is 24.0 Å². The summed E-state index contributed by atoms with van der Waals surface area (Å²) in [5, 5.41) is 8.81. The Labute approximate surface area is 181 Å². The van der Waals surface area contributed by atoms with E-state index in [1.165, 1.54) is 43.3 Å². The SMILES string of the molecule is CC(O)CNS(=O)(=O)c1cnc(C(c2ccc(F)c(Cl)c2)c2ccc(F)c(Cl)c2)[nH]1. The van der Waals surface area contributed by atoms with Crippen LogP contribution in [-0.2, 0) is 10.0 Å². The summed E-state index contributed by atoms with van der Waals surface area (Å²) in [5.41, 5.74) is 0.971. The summed E-state index contributed by atoms with van der Waals surface area (Å²) < 4.78 is 54.4. The molecule has 3 N–H and O–H groups in total. The lowest BCUT2D eigenvalue weighted by atomic mass is 9.90. The second-order valence-electron chi connectivity index (χ2n) is 6.61. The highest BCUT2D eigenvalue weighted by Gasteiger charge is 2.25. The Hall–Kier alpha value is -2.04. The van der Waals surface area contributed by atoms with Gasteiger partial charge in [0.05, 0.1) is 28.3 Å². The largest absolute Gasteiger partial charge is 0.392 e. The van der Waals surface area contributed by atoms with E-state index in [0.29, 0.717) is 11.1 Å². The molecule has 3 rings (SSSR count). The molecule has 1 heterocycles. The zero-order valence-corrected chi connectivity index (χ0v) is 17.9. The van der Waals surface area contributed by atoms with Crippen LogP contribution < -0.4 is 4.72 Å². The molecule has 3 aromatic rings. The lowest BCUT2D eigenvalue weighted by molar-refractivity contribution is 0.198. The molecule has 0 saturated heterocycles. The van der Waals surface area contributed by atoms with E-state index in [9.17, 15) is 22.3 Å². The molecule has 2 aromatic carbocycles. The molecule has 0 radical (unpaired) electrons. The van der Waals surface area contributed by atoms with Gasteiger partial charge in [-0.15, -0.1) is 0 Å². The average Bonchev–Trinajstić information content (AvgIpc) is 3.17. The van der Waals surface area contributed by atoms with E-state index in [1.54, 1.807) is 0 Å². The zero-order chi connectivity index (χ0) is 22.1. The molecule has 11 heteroatoms. The number of rotatable bonds is 7. The van der Waals surface area contributed by atoms with Gasteiger partial charge >= 0.3 is 0 Å². The van der Waals surface area contributed by atoms with Crippen molar-refractivity contribution in [2.24, 2.45) is 0 Å². The molecule has 0 aliphatic carbocycles. The topological polar surface area (TPSA) is 95.1 Å². The summed E-state index contributed by atoms with van der Waals surface area (Å²) in [6.07, 6.45) is 0.237. The van der Waals surface area contributed by atoms with Crippen LogP contribution in [0.2, 0.25) is 10.0 Å². The maximum atomic E-state index is 13.7. The van der Waals surface area contributed by atoms with E-state index in [4.69, 9.17) is 23.2 Å². The predicted molar refractivity (Wildman–Crippen MR) is 109 cm³/mol. The van der Waals surface area contributed by atoms with Gasteiger partial charge < -0.3 is 10.1 Å². The van der Waals surface area contributed by atoms with Gasteiger partial charge in [-0.2, -0.15) is 0 Å². The lowest BCUT2D eigenvalue weighted by Crippen LogP contribution is -2.30. The Morgan fingerprint density at radius 2 is 1.63 bits per heavy atom. The Kier molecular flexibility index (Phi) is 6.78. The molecule has 0 saturated carbocycles. The fraction of sp³-hybridized carbons (Fsp3) is 0.211. The molecule has 160 valence electrons. The first-order valence-corrected chi connectivity index (χ1v) is 10.9. The number of imidazole rings is 1. The molecule has 0 amide bonds. The van der Waals surface area contributed by atoms with Gasteiger partial charge in [0, 0.05) is 6.54 Å². The number of aromatic amines is 1. The lowest BCUT2D eigenvalue weighted by Gasteiger charge is -2.17. The van der Waals surface area contributed by atoms with Crippen LogP contribution in [0.1, 0.15) is 29.8 Å². The molecular formula is C19H17Cl2F2N3O3S. The van der Waals surface area contributed by atoms with Gasteiger partial charge in [0.15, 0.2) is 5.03 Å². The number of nitrogens with zero attached hydrogens (tertiary/aromatic N) is 1. The van der Waals surface area contributed by atoms with Gasteiger partial charge in [0.2, 0.25) is 0 Å². The number of halogens is 4. The molecule has 1 aromatic heterocycles. The second-order valence-corrected chi connectivity index (χ2v) is 9.16. The maximum absolute atomic E-state index is 13.7. The fourth-order valence-corrected chi connectivity index (χ4v) is 4.23. The van der Waals surface area contributed by atoms with Crippen molar-refractivity contribution < 1.29 is 22.3 Å². The van der Waals surface area contributed by atoms with Crippen molar-refractivity contribution in [1.82, 2.24) is 14.7 Å². The minimum absolute atomic E-state index is 0.135. The molecule has 0 fully saturated rings. The van der Waals surface area contributed by atoms with Crippen molar-refractivity contribution in [3.63, 3.8) is 0 Å². The van der Waals surface area contributed by atoms with E-state index in [2.05, 4.69) is 14.7 Å². The maximum Gasteiger partial charge on any atom is 0.257 e. The molecule has 30 heavy (non-hydrogen) atoms. The van der Waals surface area contributed by atoms with Crippen molar-refractivity contribution in [1.29, 1.82) is 0 Å². The number of hydrogen-bond acceptors (Lipinski definition) is 4. The Balaban J connectivity index is 2.08. The van der Waals surface area contributed by atoms with Crippen LogP contribution in [0.25, 0.3) is 0 Å². The van der Waals surface area contributed by atoms with E-state index in [-0.39, 0.29) is 27.4 Å². The normalized spacial score (nSPS) is 13.0. The highest BCUT2D eigenvalue weighted by molar-refractivity contribution is 7.89. The summed E-state index contributed by atoms with van der Waals surface area (Å²) in [4.78, 5) is 6.88. The van der Waals surface area contributed by atoms with Gasteiger partial charge in [-0.05, 0) is 42.3 Å². The standard InChI is InChI=1S/C19H17Cl2F2N3O3S/c1-10(27)8-25-30(28,29)17-9-24-19(26-17)18(11-2-4-15(22)13(20)6-11)12-3-5-16(23)14(21)7-12/h2-7,9-10,18,25,27H,8H2,1H3,(H,24,26). The third kappa shape index (κ3) is 4.98. The first-order chi connectivity index (χ1) is 14.1. The molecule has 0 aliphatic rings. The molecule has 1 atom stereocenters. The van der Waals surface area contributed by atoms with Crippen molar-refractivity contribution in [2.75, 3.05) is 6.54 Å². The minimum Gasteiger partial charge on any atom is -0.392 e. The molecule has 0 spiro atoms. The first kappa shape index (κ1) is 22.6. The Bertz CT molecular complexity index is 1120. The third-order valence-corrected chi connectivity index (χ3v) is 6.17. The van der Waals surface area contributed by atoms with Crippen LogP contribution in [0.5, 0.6) is 0 Å². The van der Waals surface area contributed by atoms with Crippen molar-refractivity contribution >= 4 is 33.2 Å². The highest BCUT2D eigenvalue weighted by atomic mass is 35.5. The number of H-pyrrole nitrogens is 1. The quantitative estimate of drug-likeness (QED) is 0.483. The number of nitrogens with one attached hydrogen (secondary N) is 2. The average molecular weight is 476 g/mol. The first-order valence-electron chi connectivity index (χ1n) is 8.71. The fourth-order valence-electron chi connectivity index (χ4n) is 2.80. The molecular weight excluding hydrogens is 459 g/mol. The summed E-state index contributed by atoms with van der Waals surface area (Å²) in [6, 6.07) is 8.01. The van der Waals surface area contributed by atoms with E-state index in [1.807, 2.05) is 0 Å². The molecule has 0 aliphatic heterocycles. The predicted octanol–water partition coefficient (Wildman–Crippen LogP) is 3.83. The van der Waals surface area contributed by atoms with Crippen molar-refractivity contribution in [3.05, 3.63) is 81.2 Å². The van der Waals surface area contributed by atoms with Crippen LogP contribution in [0.15, 0.2) is 47.6 Å². The van der Waals surface area contributed by atoms with Gasteiger partial charge in [0.25, 0.3) is 10.0 Å². The minimum atomic E-state index is -3.96. The van der Waals surface area contributed by atoms with Gasteiger partial charge in [0.1, 0.15) is 17.5 Å². The van der Waals surface area contributed by atoms with Crippen LogP contribution in [0.4, 0.5) is 8.78 Å². The van der Waals surface area contributed by atoms with Crippen LogP contribution in [0.3, 0.4) is 0 Å². The summed E-state index contributed by atoms with van der Waals surface area (Å²) in [6.45, 7) is 1.26. The zero-order valence-electron chi connectivity index (χ0n) is 15.5. The Morgan fingerprint density at radius 1 is 1.10 bits per heavy atom. The van der Waals surface area contributed by atoms with Crippen molar-refractivity contribution in [3.8, 4) is 0 Å². The number of aliphatic hydroxyl groups excluding tert-OH is 1. The smallest absolute Gasteiger partial charge is 0.257 e. The third-order valence-electron chi connectivity index (χ3n) is 4.26. The van der Waals surface area contributed by atoms with Crippen LogP contribution in [-0.4, -0.2) is 36.1 Å². The van der Waals surface area contributed by atoms with Crippen LogP contribution in [0, 0.1) is 11.6 Å². The number of benzene rings is 2. The van der Waals surface area contributed by atoms with E-state index in [0.717, 1.165) is 6.20 Å². The summed E-state index contributed by atoms with van der Waals surface area (Å²) in [5.74, 6) is -1.79. The highest BCUT2D eigenvalue weighted by Crippen LogP contribution is 2.34.